The maximum Gasteiger partial charge on any atom is 0.126 e. The molecule has 0 saturated heterocycles. The number of aryl methyl sites for hydroxylation is 1. The van der Waals surface area contributed by atoms with Crippen LogP contribution in [-0.4, -0.2) is 0 Å². The van der Waals surface area contributed by atoms with Gasteiger partial charge in [0, 0.05) is 18.8 Å². The van der Waals surface area contributed by atoms with Crippen molar-refractivity contribution >= 4 is 5.69 Å². The Bertz CT molecular complexity index is 538. The van der Waals surface area contributed by atoms with E-state index in [9.17, 15) is 4.39 Å². The first-order valence-corrected chi connectivity index (χ1v) is 5.97. The first kappa shape index (κ1) is 12.6. The molecule has 2 rings (SSSR count). The Balaban J connectivity index is 2.04. The summed E-state index contributed by atoms with van der Waals surface area (Å²) in [6.07, 6.45) is 0. The standard InChI is InChI=1S/C15H17FN2/c1-11-7-14(5-6-15(11)16)18-10-13-4-2-3-12(8-13)9-17/h2-8,18H,9-10,17H2,1H3. The van der Waals surface area contributed by atoms with Crippen LogP contribution in [0.5, 0.6) is 0 Å². The molecule has 0 saturated carbocycles. The molecule has 2 aromatic rings. The van der Waals surface area contributed by atoms with E-state index in [1.807, 2.05) is 24.3 Å². The van der Waals surface area contributed by atoms with Crippen LogP contribution in [0.4, 0.5) is 10.1 Å². The zero-order chi connectivity index (χ0) is 13.0. The molecule has 0 atom stereocenters. The first-order chi connectivity index (χ1) is 8.69. The summed E-state index contributed by atoms with van der Waals surface area (Å²) in [7, 11) is 0. The van der Waals surface area contributed by atoms with Gasteiger partial charge in [0.05, 0.1) is 0 Å². The highest BCUT2D eigenvalue weighted by Gasteiger charge is 1.99. The lowest BCUT2D eigenvalue weighted by molar-refractivity contribution is 0.618. The molecule has 0 radical (unpaired) electrons. The summed E-state index contributed by atoms with van der Waals surface area (Å²) in [5.41, 5.74) is 9.45. The Kier molecular flexibility index (Phi) is 3.95. The third kappa shape index (κ3) is 3.08. The highest BCUT2D eigenvalue weighted by molar-refractivity contribution is 5.46. The maximum absolute atomic E-state index is 13.1. The molecule has 0 aromatic heterocycles. The van der Waals surface area contributed by atoms with E-state index in [4.69, 9.17) is 5.73 Å². The minimum absolute atomic E-state index is 0.175. The fourth-order valence-corrected chi connectivity index (χ4v) is 1.83. The molecule has 3 heteroatoms. The largest absolute Gasteiger partial charge is 0.381 e. The molecule has 0 unspecified atom stereocenters. The van der Waals surface area contributed by atoms with Gasteiger partial charge in [-0.05, 0) is 41.8 Å². The average molecular weight is 244 g/mol. The molecule has 2 aromatic carbocycles. The van der Waals surface area contributed by atoms with Gasteiger partial charge in [-0.1, -0.05) is 24.3 Å². The van der Waals surface area contributed by atoms with Gasteiger partial charge < -0.3 is 11.1 Å². The van der Waals surface area contributed by atoms with Crippen LogP contribution in [0.2, 0.25) is 0 Å². The molecule has 94 valence electrons. The van der Waals surface area contributed by atoms with Crippen molar-refractivity contribution in [3.63, 3.8) is 0 Å². The van der Waals surface area contributed by atoms with Gasteiger partial charge in [0.1, 0.15) is 5.82 Å². The summed E-state index contributed by atoms with van der Waals surface area (Å²) in [5.74, 6) is -0.175. The number of nitrogens with two attached hydrogens (primary N) is 1. The van der Waals surface area contributed by atoms with Gasteiger partial charge in [0.2, 0.25) is 0 Å². The predicted molar refractivity (Wildman–Crippen MR) is 72.8 cm³/mol. The second-order valence-corrected chi connectivity index (χ2v) is 4.34. The third-order valence-electron chi connectivity index (χ3n) is 2.88. The van der Waals surface area contributed by atoms with E-state index in [1.54, 1.807) is 13.0 Å². The van der Waals surface area contributed by atoms with Crippen molar-refractivity contribution in [1.82, 2.24) is 0 Å². The molecule has 0 amide bonds. The Labute approximate surface area is 107 Å². The minimum atomic E-state index is -0.175. The molecule has 0 aliphatic rings. The van der Waals surface area contributed by atoms with Crippen LogP contribution in [-0.2, 0) is 13.1 Å². The van der Waals surface area contributed by atoms with Crippen molar-refractivity contribution in [2.24, 2.45) is 5.73 Å². The highest BCUT2D eigenvalue weighted by atomic mass is 19.1. The van der Waals surface area contributed by atoms with Gasteiger partial charge in [-0.25, -0.2) is 4.39 Å². The predicted octanol–water partition coefficient (Wildman–Crippen LogP) is 3.20. The monoisotopic (exact) mass is 244 g/mol. The van der Waals surface area contributed by atoms with Crippen molar-refractivity contribution in [1.29, 1.82) is 0 Å². The molecular formula is C15H17FN2. The number of hydrogen-bond donors (Lipinski definition) is 2. The number of rotatable bonds is 4. The summed E-state index contributed by atoms with van der Waals surface area (Å²) in [6, 6.07) is 13.2. The molecule has 0 fully saturated rings. The van der Waals surface area contributed by atoms with Crippen LogP contribution in [0.1, 0.15) is 16.7 Å². The quantitative estimate of drug-likeness (QED) is 0.866. The Morgan fingerprint density at radius 2 is 1.89 bits per heavy atom. The molecular weight excluding hydrogens is 227 g/mol. The van der Waals surface area contributed by atoms with Gasteiger partial charge in [0.25, 0.3) is 0 Å². The zero-order valence-electron chi connectivity index (χ0n) is 10.4. The van der Waals surface area contributed by atoms with Crippen molar-refractivity contribution < 1.29 is 4.39 Å². The Hall–Kier alpha value is -1.87. The first-order valence-electron chi connectivity index (χ1n) is 5.97. The van der Waals surface area contributed by atoms with Gasteiger partial charge in [-0.15, -0.1) is 0 Å². The van der Waals surface area contributed by atoms with Crippen LogP contribution >= 0.6 is 0 Å². The summed E-state index contributed by atoms with van der Waals surface area (Å²) in [5, 5.41) is 3.27. The smallest absolute Gasteiger partial charge is 0.126 e. The van der Waals surface area contributed by atoms with E-state index < -0.39 is 0 Å². The van der Waals surface area contributed by atoms with Crippen LogP contribution in [0, 0.1) is 12.7 Å². The number of benzene rings is 2. The molecule has 0 heterocycles. The van der Waals surface area contributed by atoms with Crippen LogP contribution in [0.3, 0.4) is 0 Å². The van der Waals surface area contributed by atoms with Gasteiger partial charge in [-0.2, -0.15) is 0 Å². The topological polar surface area (TPSA) is 38.0 Å². The van der Waals surface area contributed by atoms with Crippen molar-refractivity contribution in [3.8, 4) is 0 Å². The number of nitrogens with one attached hydrogen (secondary N) is 1. The second-order valence-electron chi connectivity index (χ2n) is 4.34. The fourth-order valence-electron chi connectivity index (χ4n) is 1.83. The van der Waals surface area contributed by atoms with E-state index in [0.717, 1.165) is 11.3 Å². The lowest BCUT2D eigenvalue weighted by Crippen LogP contribution is -2.02. The molecule has 0 aliphatic heterocycles. The molecule has 0 bridgehead atoms. The molecule has 18 heavy (non-hydrogen) atoms. The van der Waals surface area contributed by atoms with Crippen LogP contribution < -0.4 is 11.1 Å². The van der Waals surface area contributed by atoms with E-state index in [0.29, 0.717) is 18.7 Å². The summed E-state index contributed by atoms with van der Waals surface area (Å²) in [4.78, 5) is 0. The van der Waals surface area contributed by atoms with Crippen molar-refractivity contribution in [3.05, 3.63) is 65.0 Å². The van der Waals surface area contributed by atoms with Crippen molar-refractivity contribution in [2.45, 2.75) is 20.0 Å². The normalized spacial score (nSPS) is 10.4. The SMILES string of the molecule is Cc1cc(NCc2cccc(CN)c2)ccc1F. The molecule has 0 spiro atoms. The lowest BCUT2D eigenvalue weighted by atomic mass is 10.1. The van der Waals surface area contributed by atoms with E-state index in [2.05, 4.69) is 11.4 Å². The van der Waals surface area contributed by atoms with Crippen LogP contribution in [0.15, 0.2) is 42.5 Å². The van der Waals surface area contributed by atoms with Gasteiger partial charge in [0.15, 0.2) is 0 Å². The summed E-state index contributed by atoms with van der Waals surface area (Å²) >= 11 is 0. The Morgan fingerprint density at radius 1 is 1.11 bits per heavy atom. The summed E-state index contributed by atoms with van der Waals surface area (Å²) in [6.45, 7) is 3.01. The number of halogens is 1. The molecule has 2 nitrogen and oxygen atoms in total. The molecule has 0 aliphatic carbocycles. The van der Waals surface area contributed by atoms with E-state index in [-0.39, 0.29) is 5.82 Å². The minimum Gasteiger partial charge on any atom is -0.381 e. The third-order valence-corrected chi connectivity index (χ3v) is 2.88. The van der Waals surface area contributed by atoms with Crippen LogP contribution in [0.25, 0.3) is 0 Å². The fraction of sp³-hybridized carbons (Fsp3) is 0.200. The zero-order valence-corrected chi connectivity index (χ0v) is 10.4. The molecule has 3 N–H and O–H groups in total. The Morgan fingerprint density at radius 3 is 2.61 bits per heavy atom. The lowest BCUT2D eigenvalue weighted by Gasteiger charge is -2.08. The maximum atomic E-state index is 13.1. The second kappa shape index (κ2) is 5.65. The van der Waals surface area contributed by atoms with E-state index >= 15 is 0 Å². The van der Waals surface area contributed by atoms with Crippen molar-refractivity contribution in [2.75, 3.05) is 5.32 Å². The average Bonchev–Trinajstić information content (AvgIpc) is 2.40. The highest BCUT2D eigenvalue weighted by Crippen LogP contribution is 2.15. The van der Waals surface area contributed by atoms with Gasteiger partial charge in [-0.3, -0.25) is 0 Å². The summed E-state index contributed by atoms with van der Waals surface area (Å²) < 4.78 is 13.1. The van der Waals surface area contributed by atoms with Gasteiger partial charge >= 0.3 is 0 Å². The number of anilines is 1. The number of hydrogen-bond acceptors (Lipinski definition) is 2. The van der Waals surface area contributed by atoms with E-state index in [1.165, 1.54) is 11.6 Å².